The molecule has 0 saturated heterocycles. The maximum Gasteiger partial charge on any atom is 0.340 e. The average Bonchev–Trinajstić information content (AvgIpc) is 3.20. The van der Waals surface area contributed by atoms with Crippen molar-refractivity contribution < 1.29 is 23.5 Å². The van der Waals surface area contributed by atoms with Crippen LogP contribution in [0.2, 0.25) is 0 Å². The fourth-order valence-corrected chi connectivity index (χ4v) is 2.49. The number of anilines is 1. The fraction of sp³-hybridized carbons (Fsp3) is 0.211. The number of benzene rings is 2. The third kappa shape index (κ3) is 4.00. The number of ether oxygens (including phenoxy) is 3. The molecule has 0 aliphatic rings. The van der Waals surface area contributed by atoms with Gasteiger partial charge in [-0.25, -0.2) is 4.79 Å². The van der Waals surface area contributed by atoms with Gasteiger partial charge in [0.25, 0.3) is 5.89 Å². The first-order chi connectivity index (χ1) is 13.2. The number of para-hydroxylation sites is 1. The summed E-state index contributed by atoms with van der Waals surface area (Å²) in [4.78, 5) is 16.5. The normalized spacial score (nSPS) is 10.3. The lowest BCUT2D eigenvalue weighted by atomic mass is 10.2. The second-order valence-corrected chi connectivity index (χ2v) is 5.45. The number of hydrogen-bond acceptors (Lipinski definition) is 8. The molecule has 0 amide bonds. The minimum Gasteiger partial charge on any atom is -0.497 e. The van der Waals surface area contributed by atoms with Crippen molar-refractivity contribution >= 4 is 11.7 Å². The summed E-state index contributed by atoms with van der Waals surface area (Å²) in [6, 6.07) is 12.3. The number of aromatic nitrogens is 2. The molecule has 2 aromatic carbocycles. The van der Waals surface area contributed by atoms with Gasteiger partial charge in [0.05, 0.1) is 25.3 Å². The maximum atomic E-state index is 12.3. The van der Waals surface area contributed by atoms with Crippen LogP contribution in [0.15, 0.2) is 47.0 Å². The van der Waals surface area contributed by atoms with Crippen LogP contribution in [0.3, 0.4) is 0 Å². The van der Waals surface area contributed by atoms with Gasteiger partial charge in [0, 0.05) is 18.8 Å². The molecule has 8 nitrogen and oxygen atoms in total. The lowest BCUT2D eigenvalue weighted by Crippen LogP contribution is -2.08. The topological polar surface area (TPSA) is 95.7 Å². The van der Waals surface area contributed by atoms with Gasteiger partial charge in [0.15, 0.2) is 6.61 Å². The SMILES string of the molecule is CNc1ccccc1C(=O)OCc1nc(-c2ccc(OC)cc2OC)no1. The molecular weight excluding hydrogens is 350 g/mol. The van der Waals surface area contributed by atoms with Crippen molar-refractivity contribution in [2.45, 2.75) is 6.61 Å². The summed E-state index contributed by atoms with van der Waals surface area (Å²) in [5.41, 5.74) is 1.74. The lowest BCUT2D eigenvalue weighted by Gasteiger charge is -2.07. The van der Waals surface area contributed by atoms with E-state index in [1.165, 1.54) is 0 Å². The van der Waals surface area contributed by atoms with Gasteiger partial charge in [0.2, 0.25) is 5.82 Å². The Morgan fingerprint density at radius 2 is 1.96 bits per heavy atom. The van der Waals surface area contributed by atoms with Crippen molar-refractivity contribution in [2.75, 3.05) is 26.6 Å². The van der Waals surface area contributed by atoms with Crippen molar-refractivity contribution in [1.29, 1.82) is 0 Å². The molecule has 8 heteroatoms. The molecule has 0 aliphatic carbocycles. The third-order valence-corrected chi connectivity index (χ3v) is 3.86. The van der Waals surface area contributed by atoms with Crippen LogP contribution >= 0.6 is 0 Å². The molecule has 0 aliphatic heterocycles. The number of nitrogens with one attached hydrogen (secondary N) is 1. The standard InChI is InChI=1S/C19H19N3O5/c1-20-15-7-5-4-6-13(15)19(23)26-11-17-21-18(22-27-17)14-9-8-12(24-2)10-16(14)25-3/h4-10,20H,11H2,1-3H3. The van der Waals surface area contributed by atoms with Gasteiger partial charge in [-0.2, -0.15) is 4.98 Å². The Bertz CT molecular complexity index is 939. The Labute approximate surface area is 156 Å². The van der Waals surface area contributed by atoms with E-state index in [0.717, 1.165) is 0 Å². The number of esters is 1. The smallest absolute Gasteiger partial charge is 0.340 e. The Morgan fingerprint density at radius 3 is 2.70 bits per heavy atom. The highest BCUT2D eigenvalue weighted by atomic mass is 16.6. The first-order valence-electron chi connectivity index (χ1n) is 8.15. The molecule has 1 aromatic heterocycles. The molecule has 0 unspecified atom stereocenters. The second kappa shape index (κ2) is 8.22. The van der Waals surface area contributed by atoms with E-state index < -0.39 is 5.97 Å². The average molecular weight is 369 g/mol. The van der Waals surface area contributed by atoms with Gasteiger partial charge in [-0.05, 0) is 24.3 Å². The van der Waals surface area contributed by atoms with Gasteiger partial charge in [-0.3, -0.25) is 0 Å². The predicted molar refractivity (Wildman–Crippen MR) is 97.9 cm³/mol. The number of carbonyl (C=O) groups excluding carboxylic acids is 1. The summed E-state index contributed by atoms with van der Waals surface area (Å²) in [6.07, 6.45) is 0. The molecule has 0 atom stereocenters. The summed E-state index contributed by atoms with van der Waals surface area (Å²) in [5, 5.41) is 6.87. The number of nitrogens with zero attached hydrogens (tertiary/aromatic N) is 2. The fourth-order valence-electron chi connectivity index (χ4n) is 2.49. The molecule has 3 rings (SSSR count). The summed E-state index contributed by atoms with van der Waals surface area (Å²) in [6.45, 7) is -0.137. The van der Waals surface area contributed by atoms with E-state index >= 15 is 0 Å². The first kappa shape index (κ1) is 18.2. The van der Waals surface area contributed by atoms with Crippen LogP contribution in [-0.2, 0) is 11.3 Å². The molecular formula is C19H19N3O5. The van der Waals surface area contributed by atoms with Gasteiger partial charge in [-0.1, -0.05) is 17.3 Å². The van der Waals surface area contributed by atoms with Crippen LogP contribution in [0.5, 0.6) is 11.5 Å². The second-order valence-electron chi connectivity index (χ2n) is 5.45. The zero-order valence-electron chi connectivity index (χ0n) is 15.2. The predicted octanol–water partition coefficient (Wildman–Crippen LogP) is 3.15. The van der Waals surface area contributed by atoms with Crippen molar-refractivity contribution in [3.8, 4) is 22.9 Å². The van der Waals surface area contributed by atoms with Gasteiger partial charge in [0.1, 0.15) is 11.5 Å². The number of rotatable bonds is 7. The molecule has 3 aromatic rings. The van der Waals surface area contributed by atoms with E-state index in [-0.39, 0.29) is 12.5 Å². The van der Waals surface area contributed by atoms with Crippen LogP contribution in [0, 0.1) is 0 Å². The molecule has 0 spiro atoms. The molecule has 0 bridgehead atoms. The quantitative estimate of drug-likeness (QED) is 0.635. The van der Waals surface area contributed by atoms with E-state index in [1.807, 2.05) is 6.07 Å². The molecule has 0 radical (unpaired) electrons. The minimum absolute atomic E-state index is 0.137. The molecule has 1 N–H and O–H groups in total. The highest BCUT2D eigenvalue weighted by Crippen LogP contribution is 2.31. The summed E-state index contributed by atoms with van der Waals surface area (Å²) < 4.78 is 21.0. The summed E-state index contributed by atoms with van der Waals surface area (Å²) in [7, 11) is 4.85. The highest BCUT2D eigenvalue weighted by molar-refractivity contribution is 5.95. The van der Waals surface area contributed by atoms with Crippen LogP contribution in [0.1, 0.15) is 16.2 Å². The number of carbonyl (C=O) groups is 1. The third-order valence-electron chi connectivity index (χ3n) is 3.86. The van der Waals surface area contributed by atoms with E-state index in [2.05, 4.69) is 15.5 Å². The number of hydrogen-bond donors (Lipinski definition) is 1. The van der Waals surface area contributed by atoms with E-state index in [1.54, 1.807) is 57.7 Å². The summed E-state index contributed by atoms with van der Waals surface area (Å²) >= 11 is 0. The maximum absolute atomic E-state index is 12.3. The van der Waals surface area contributed by atoms with Crippen molar-refractivity contribution in [3.05, 3.63) is 53.9 Å². The highest BCUT2D eigenvalue weighted by Gasteiger charge is 2.17. The van der Waals surface area contributed by atoms with Crippen LogP contribution < -0.4 is 14.8 Å². The minimum atomic E-state index is -0.485. The van der Waals surface area contributed by atoms with Gasteiger partial charge >= 0.3 is 5.97 Å². The lowest BCUT2D eigenvalue weighted by molar-refractivity contribution is 0.0431. The van der Waals surface area contributed by atoms with Gasteiger partial charge < -0.3 is 24.1 Å². The molecule has 140 valence electrons. The van der Waals surface area contributed by atoms with Crippen LogP contribution in [-0.4, -0.2) is 37.4 Å². The van der Waals surface area contributed by atoms with Crippen molar-refractivity contribution in [3.63, 3.8) is 0 Å². The Kier molecular flexibility index (Phi) is 5.55. The van der Waals surface area contributed by atoms with Crippen molar-refractivity contribution in [2.24, 2.45) is 0 Å². The van der Waals surface area contributed by atoms with Crippen LogP contribution in [0.4, 0.5) is 5.69 Å². The monoisotopic (exact) mass is 369 g/mol. The molecule has 0 saturated carbocycles. The van der Waals surface area contributed by atoms with Crippen molar-refractivity contribution in [1.82, 2.24) is 10.1 Å². The Balaban J connectivity index is 1.72. The first-order valence-corrected chi connectivity index (χ1v) is 8.15. The van der Waals surface area contributed by atoms with Gasteiger partial charge in [-0.15, -0.1) is 0 Å². The summed E-state index contributed by atoms with van der Waals surface area (Å²) in [5.74, 6) is 1.22. The number of methoxy groups -OCH3 is 2. The molecule has 27 heavy (non-hydrogen) atoms. The molecule has 1 heterocycles. The van der Waals surface area contributed by atoms with E-state index in [4.69, 9.17) is 18.7 Å². The zero-order valence-corrected chi connectivity index (χ0v) is 15.2. The van der Waals surface area contributed by atoms with Crippen LogP contribution in [0.25, 0.3) is 11.4 Å². The Hall–Kier alpha value is -3.55. The molecule has 0 fully saturated rings. The largest absolute Gasteiger partial charge is 0.497 e. The zero-order chi connectivity index (χ0) is 19.2. The van der Waals surface area contributed by atoms with E-state index in [9.17, 15) is 4.79 Å². The Morgan fingerprint density at radius 1 is 1.15 bits per heavy atom. The van der Waals surface area contributed by atoms with E-state index in [0.29, 0.717) is 34.1 Å².